The first-order chi connectivity index (χ1) is 11.6. The Kier molecular flexibility index (Phi) is 4.27. The molecule has 2 amide bonds. The first-order valence-corrected chi connectivity index (χ1v) is 7.52. The van der Waals surface area contributed by atoms with E-state index in [1.807, 2.05) is 6.07 Å². The highest BCUT2D eigenvalue weighted by Crippen LogP contribution is 2.40. The van der Waals surface area contributed by atoms with Crippen molar-refractivity contribution in [1.82, 2.24) is 0 Å². The maximum absolute atomic E-state index is 12.9. The second kappa shape index (κ2) is 6.37. The molecule has 0 unspecified atom stereocenters. The van der Waals surface area contributed by atoms with Crippen LogP contribution in [0.25, 0.3) is 5.57 Å². The SMILES string of the molecule is COc1ccc(OC)c(N2C(=O)C(Cl)=C(c3ccccc3)C2=O)c1. The molecule has 122 valence electrons. The summed E-state index contributed by atoms with van der Waals surface area (Å²) in [6.07, 6.45) is 0. The van der Waals surface area contributed by atoms with E-state index in [0.717, 1.165) is 4.90 Å². The molecule has 0 saturated heterocycles. The molecular formula is C18H14ClNO4. The first-order valence-electron chi connectivity index (χ1n) is 7.14. The largest absolute Gasteiger partial charge is 0.497 e. The molecule has 1 heterocycles. The van der Waals surface area contributed by atoms with Crippen LogP contribution in [0.4, 0.5) is 5.69 Å². The summed E-state index contributed by atoms with van der Waals surface area (Å²) in [6, 6.07) is 13.7. The van der Waals surface area contributed by atoms with Crippen molar-refractivity contribution in [3.05, 3.63) is 59.1 Å². The summed E-state index contributed by atoms with van der Waals surface area (Å²) in [6.45, 7) is 0. The molecule has 0 aromatic heterocycles. The molecule has 0 radical (unpaired) electrons. The Labute approximate surface area is 144 Å². The van der Waals surface area contributed by atoms with Gasteiger partial charge in [-0.25, -0.2) is 4.90 Å². The predicted molar refractivity (Wildman–Crippen MR) is 91.3 cm³/mol. The number of nitrogens with zero attached hydrogens (tertiary/aromatic N) is 1. The van der Waals surface area contributed by atoms with Crippen molar-refractivity contribution in [3.8, 4) is 11.5 Å². The van der Waals surface area contributed by atoms with E-state index in [1.165, 1.54) is 14.2 Å². The fraction of sp³-hybridized carbons (Fsp3) is 0.111. The Balaban J connectivity index is 2.10. The quantitative estimate of drug-likeness (QED) is 0.800. The molecule has 0 saturated carbocycles. The summed E-state index contributed by atoms with van der Waals surface area (Å²) in [5.74, 6) is -0.221. The highest BCUT2D eigenvalue weighted by molar-refractivity contribution is 6.60. The van der Waals surface area contributed by atoms with E-state index in [1.54, 1.807) is 42.5 Å². The van der Waals surface area contributed by atoms with E-state index in [2.05, 4.69) is 0 Å². The number of amides is 2. The van der Waals surface area contributed by atoms with Crippen LogP contribution in [0.2, 0.25) is 0 Å². The molecule has 2 aromatic rings. The van der Waals surface area contributed by atoms with Gasteiger partial charge in [0.1, 0.15) is 16.5 Å². The van der Waals surface area contributed by atoms with E-state index in [9.17, 15) is 9.59 Å². The van der Waals surface area contributed by atoms with Crippen LogP contribution in [0.3, 0.4) is 0 Å². The molecule has 0 spiro atoms. The van der Waals surface area contributed by atoms with Gasteiger partial charge in [0, 0.05) is 6.07 Å². The molecule has 2 aromatic carbocycles. The van der Waals surface area contributed by atoms with E-state index in [-0.39, 0.29) is 16.3 Å². The first kappa shape index (κ1) is 16.1. The lowest BCUT2D eigenvalue weighted by Crippen LogP contribution is -2.31. The predicted octanol–water partition coefficient (Wildman–Crippen LogP) is 3.23. The zero-order chi connectivity index (χ0) is 17.3. The number of benzene rings is 2. The fourth-order valence-electron chi connectivity index (χ4n) is 2.55. The number of rotatable bonds is 4. The summed E-state index contributed by atoms with van der Waals surface area (Å²) < 4.78 is 10.4. The maximum Gasteiger partial charge on any atom is 0.277 e. The third kappa shape index (κ3) is 2.53. The third-order valence-electron chi connectivity index (χ3n) is 3.72. The topological polar surface area (TPSA) is 55.8 Å². The number of halogens is 1. The lowest BCUT2D eigenvalue weighted by molar-refractivity contribution is -0.119. The lowest BCUT2D eigenvalue weighted by Gasteiger charge is -2.18. The number of hydrogen-bond donors (Lipinski definition) is 0. The molecule has 0 N–H and O–H groups in total. The van der Waals surface area contributed by atoms with Gasteiger partial charge < -0.3 is 9.47 Å². The van der Waals surface area contributed by atoms with Crippen molar-refractivity contribution in [3.63, 3.8) is 0 Å². The molecule has 24 heavy (non-hydrogen) atoms. The van der Waals surface area contributed by atoms with Gasteiger partial charge >= 0.3 is 0 Å². The van der Waals surface area contributed by atoms with Gasteiger partial charge in [0.2, 0.25) is 0 Å². The molecular weight excluding hydrogens is 330 g/mol. The van der Waals surface area contributed by atoms with Gasteiger partial charge in [-0.05, 0) is 17.7 Å². The Bertz CT molecular complexity index is 845. The molecule has 0 bridgehead atoms. The minimum atomic E-state index is -0.591. The summed E-state index contributed by atoms with van der Waals surface area (Å²) in [5.41, 5.74) is 1.05. The van der Waals surface area contributed by atoms with Crippen molar-refractivity contribution >= 4 is 34.7 Å². The Morgan fingerprint density at radius 1 is 0.917 bits per heavy atom. The van der Waals surface area contributed by atoms with Gasteiger partial charge in [-0.3, -0.25) is 9.59 Å². The zero-order valence-corrected chi connectivity index (χ0v) is 13.8. The molecule has 0 aliphatic carbocycles. The van der Waals surface area contributed by atoms with Gasteiger partial charge in [0.25, 0.3) is 11.8 Å². The third-order valence-corrected chi connectivity index (χ3v) is 4.07. The van der Waals surface area contributed by atoms with Crippen LogP contribution in [0.1, 0.15) is 5.56 Å². The minimum absolute atomic E-state index is 0.115. The lowest BCUT2D eigenvalue weighted by atomic mass is 10.1. The second-order valence-electron chi connectivity index (χ2n) is 5.04. The summed E-state index contributed by atoms with van der Waals surface area (Å²) in [7, 11) is 2.96. The fourth-order valence-corrected chi connectivity index (χ4v) is 2.82. The number of ether oxygens (including phenoxy) is 2. The van der Waals surface area contributed by atoms with E-state index >= 15 is 0 Å². The van der Waals surface area contributed by atoms with Crippen LogP contribution >= 0.6 is 11.6 Å². The van der Waals surface area contributed by atoms with Gasteiger partial charge in [-0.2, -0.15) is 0 Å². The molecule has 1 aliphatic heterocycles. The standard InChI is InChI=1S/C18H14ClNO4/c1-23-12-8-9-14(24-2)13(10-12)20-17(21)15(16(19)18(20)22)11-6-4-3-5-7-11/h3-10H,1-2H3. The number of carbonyl (C=O) groups is 2. The van der Waals surface area contributed by atoms with E-state index in [0.29, 0.717) is 17.1 Å². The molecule has 1 aliphatic rings. The van der Waals surface area contributed by atoms with Gasteiger partial charge in [0.15, 0.2) is 0 Å². The van der Waals surface area contributed by atoms with Crippen molar-refractivity contribution in [2.24, 2.45) is 0 Å². The maximum atomic E-state index is 12.9. The molecule has 0 atom stereocenters. The van der Waals surface area contributed by atoms with Crippen LogP contribution in [-0.2, 0) is 9.59 Å². The van der Waals surface area contributed by atoms with Crippen LogP contribution in [0.5, 0.6) is 11.5 Å². The molecule has 6 heteroatoms. The normalized spacial score (nSPS) is 14.4. The van der Waals surface area contributed by atoms with Gasteiger partial charge in [-0.15, -0.1) is 0 Å². The molecule has 3 rings (SSSR count). The minimum Gasteiger partial charge on any atom is -0.497 e. The number of anilines is 1. The number of hydrogen-bond acceptors (Lipinski definition) is 4. The van der Waals surface area contributed by atoms with E-state index < -0.39 is 11.8 Å². The van der Waals surface area contributed by atoms with E-state index in [4.69, 9.17) is 21.1 Å². The Hall–Kier alpha value is -2.79. The van der Waals surface area contributed by atoms with Crippen LogP contribution in [0.15, 0.2) is 53.6 Å². The monoisotopic (exact) mass is 343 g/mol. The molecule has 0 fully saturated rings. The highest BCUT2D eigenvalue weighted by atomic mass is 35.5. The van der Waals surface area contributed by atoms with Gasteiger partial charge in [0.05, 0.1) is 25.5 Å². The smallest absolute Gasteiger partial charge is 0.277 e. The van der Waals surface area contributed by atoms with Crippen LogP contribution in [0, 0.1) is 0 Å². The van der Waals surface area contributed by atoms with Gasteiger partial charge in [-0.1, -0.05) is 41.9 Å². The average Bonchev–Trinajstić information content (AvgIpc) is 2.84. The summed E-state index contributed by atoms with van der Waals surface area (Å²) >= 11 is 6.17. The van der Waals surface area contributed by atoms with Crippen LogP contribution < -0.4 is 14.4 Å². The van der Waals surface area contributed by atoms with Crippen molar-refractivity contribution < 1.29 is 19.1 Å². The number of methoxy groups -OCH3 is 2. The average molecular weight is 344 g/mol. The zero-order valence-electron chi connectivity index (χ0n) is 13.1. The summed E-state index contributed by atoms with van der Waals surface area (Å²) in [4.78, 5) is 26.5. The number of carbonyl (C=O) groups excluding carboxylic acids is 2. The Morgan fingerprint density at radius 2 is 1.62 bits per heavy atom. The molecule has 5 nitrogen and oxygen atoms in total. The number of imide groups is 1. The second-order valence-corrected chi connectivity index (χ2v) is 5.42. The Morgan fingerprint density at radius 3 is 2.25 bits per heavy atom. The van der Waals surface area contributed by atoms with Crippen molar-refractivity contribution in [1.29, 1.82) is 0 Å². The van der Waals surface area contributed by atoms with Crippen LogP contribution in [-0.4, -0.2) is 26.0 Å². The van der Waals surface area contributed by atoms with Crippen molar-refractivity contribution in [2.45, 2.75) is 0 Å². The van der Waals surface area contributed by atoms with Crippen molar-refractivity contribution in [2.75, 3.05) is 19.1 Å². The summed E-state index contributed by atoms with van der Waals surface area (Å²) in [5, 5.41) is -0.115. The highest BCUT2D eigenvalue weighted by Gasteiger charge is 2.40.